The molecule has 0 aromatic heterocycles. The van der Waals surface area contributed by atoms with E-state index in [0.29, 0.717) is 83.1 Å². The number of carbonyl (C=O) groups is 6. The highest BCUT2D eigenvalue weighted by atomic mass is 16.4. The lowest BCUT2D eigenvalue weighted by Gasteiger charge is -2.31. The number of amides is 5. The topological polar surface area (TPSA) is 310 Å². The van der Waals surface area contributed by atoms with Gasteiger partial charge in [-0.2, -0.15) is 0 Å². The van der Waals surface area contributed by atoms with Crippen LogP contribution in [0.4, 0.5) is 0 Å². The van der Waals surface area contributed by atoms with Crippen LogP contribution in [-0.2, 0) is 35.2 Å². The summed E-state index contributed by atoms with van der Waals surface area (Å²) in [6.45, 7) is 1.28. The summed E-state index contributed by atoms with van der Waals surface area (Å²) in [5.74, 6) is -4.27. The number of rotatable bonds is 23. The summed E-state index contributed by atoms with van der Waals surface area (Å²) in [5, 5.41) is 38.1. The molecule has 1 aromatic carbocycles. The molecule has 2 heterocycles. The predicted molar refractivity (Wildman–Crippen MR) is 203 cm³/mol. The molecule has 14 N–H and O–H groups in total. The number of carboxylic acid groups (broad SMARTS) is 1. The lowest BCUT2D eigenvalue weighted by molar-refractivity contribution is -0.145. The van der Waals surface area contributed by atoms with E-state index in [1.54, 1.807) is 0 Å². The second kappa shape index (κ2) is 22.9. The van der Waals surface area contributed by atoms with Crippen LogP contribution in [0.5, 0.6) is 5.75 Å². The first-order valence-corrected chi connectivity index (χ1v) is 19.4. The van der Waals surface area contributed by atoms with Crippen LogP contribution in [0.25, 0.3) is 0 Å². The van der Waals surface area contributed by atoms with E-state index in [2.05, 4.69) is 16.0 Å². The van der Waals surface area contributed by atoms with Crippen molar-refractivity contribution < 1.29 is 44.1 Å². The first kappa shape index (κ1) is 45.0. The molecule has 55 heavy (non-hydrogen) atoms. The molecule has 0 saturated carbocycles. The van der Waals surface area contributed by atoms with Crippen molar-refractivity contribution >= 4 is 35.5 Å². The minimum Gasteiger partial charge on any atom is -0.508 e. The Morgan fingerprint density at radius 2 is 1.29 bits per heavy atom. The van der Waals surface area contributed by atoms with Crippen LogP contribution in [0.15, 0.2) is 24.3 Å². The van der Waals surface area contributed by atoms with E-state index in [-0.39, 0.29) is 43.9 Å². The van der Waals surface area contributed by atoms with E-state index in [9.17, 15) is 44.1 Å². The van der Waals surface area contributed by atoms with Gasteiger partial charge in [0.2, 0.25) is 29.5 Å². The number of benzene rings is 1. The van der Waals surface area contributed by atoms with Crippen LogP contribution in [-0.4, -0.2) is 136 Å². The molecule has 18 heteroatoms. The number of aromatic hydroxyl groups is 1. The SMILES string of the molecule is NCCCC[C@H](NC(=O)[C@@H]1CCCN1C(=O)[C@@H](N)CCCCN)C(=O)N[C@@H](CCCCN)C(=O)N1C[C@H](O)C[C@H]1C(=O)N[C@@H](Cc1ccc(O)cc1)C(=O)O. The maximum absolute atomic E-state index is 14.2. The molecule has 0 unspecified atom stereocenters. The molecular weight excluding hydrogens is 714 g/mol. The highest BCUT2D eigenvalue weighted by molar-refractivity contribution is 5.96. The molecule has 3 rings (SSSR count). The number of β-amino-alcohol motifs (C(OH)–C–C–N with tert-alkyl or cyclic N) is 1. The number of hydrogen-bond donors (Lipinski definition) is 10. The third kappa shape index (κ3) is 13.7. The number of likely N-dealkylation sites (tertiary alicyclic amines) is 2. The summed E-state index contributed by atoms with van der Waals surface area (Å²) in [7, 11) is 0. The summed E-state index contributed by atoms with van der Waals surface area (Å²) < 4.78 is 0. The Kier molecular flexibility index (Phi) is 18.7. The average Bonchev–Trinajstić information content (AvgIpc) is 3.81. The molecule has 308 valence electrons. The number of carbonyl (C=O) groups excluding carboxylic acids is 5. The fourth-order valence-corrected chi connectivity index (χ4v) is 7.04. The number of hydrogen-bond acceptors (Lipinski definition) is 12. The maximum Gasteiger partial charge on any atom is 0.326 e. The molecule has 7 atom stereocenters. The third-order valence-corrected chi connectivity index (χ3v) is 10.1. The number of nitrogens with one attached hydrogen (secondary N) is 3. The summed E-state index contributed by atoms with van der Waals surface area (Å²) in [5.41, 5.74) is 23.7. The van der Waals surface area contributed by atoms with Crippen molar-refractivity contribution in [2.24, 2.45) is 22.9 Å². The Labute approximate surface area is 322 Å². The van der Waals surface area contributed by atoms with Gasteiger partial charge in [0.15, 0.2) is 0 Å². The zero-order chi connectivity index (χ0) is 40.5. The van der Waals surface area contributed by atoms with Gasteiger partial charge < -0.3 is 64.0 Å². The monoisotopic (exact) mass is 775 g/mol. The summed E-state index contributed by atoms with van der Waals surface area (Å²) in [6, 6.07) is -0.628. The van der Waals surface area contributed by atoms with Crippen molar-refractivity contribution in [2.75, 3.05) is 32.7 Å². The van der Waals surface area contributed by atoms with Gasteiger partial charge >= 0.3 is 5.97 Å². The number of nitrogens with two attached hydrogens (primary N) is 4. The van der Waals surface area contributed by atoms with Crippen molar-refractivity contribution in [3.05, 3.63) is 29.8 Å². The molecule has 18 nitrogen and oxygen atoms in total. The van der Waals surface area contributed by atoms with Crippen LogP contribution < -0.4 is 38.9 Å². The third-order valence-electron chi connectivity index (χ3n) is 10.1. The lowest BCUT2D eigenvalue weighted by atomic mass is 10.0. The van der Waals surface area contributed by atoms with E-state index in [1.807, 2.05) is 0 Å². The van der Waals surface area contributed by atoms with Gasteiger partial charge in [-0.15, -0.1) is 0 Å². The fraction of sp³-hybridized carbons (Fsp3) is 0.676. The first-order valence-electron chi connectivity index (χ1n) is 19.4. The van der Waals surface area contributed by atoms with Crippen molar-refractivity contribution in [2.45, 2.75) is 126 Å². The number of unbranched alkanes of at least 4 members (excludes halogenated alkanes) is 3. The van der Waals surface area contributed by atoms with Gasteiger partial charge in [-0.3, -0.25) is 24.0 Å². The molecule has 2 saturated heterocycles. The molecule has 2 fully saturated rings. The van der Waals surface area contributed by atoms with Crippen LogP contribution in [0.1, 0.15) is 82.6 Å². The molecule has 2 aliphatic rings. The summed E-state index contributed by atoms with van der Waals surface area (Å²) >= 11 is 0. The Morgan fingerprint density at radius 1 is 0.727 bits per heavy atom. The number of aliphatic hydroxyl groups excluding tert-OH is 1. The summed E-state index contributed by atoms with van der Waals surface area (Å²) in [4.78, 5) is 83.2. The maximum atomic E-state index is 14.2. The molecule has 1 aromatic rings. The molecule has 2 aliphatic heterocycles. The quantitative estimate of drug-likeness (QED) is 0.0547. The number of nitrogens with zero attached hydrogens (tertiary/aromatic N) is 2. The molecular formula is C37H61N9O9. The minimum atomic E-state index is -1.37. The zero-order valence-electron chi connectivity index (χ0n) is 31.6. The van der Waals surface area contributed by atoms with Gasteiger partial charge in [0.25, 0.3) is 0 Å². The van der Waals surface area contributed by atoms with E-state index in [4.69, 9.17) is 22.9 Å². The van der Waals surface area contributed by atoms with Crippen LogP contribution in [0.2, 0.25) is 0 Å². The summed E-state index contributed by atoms with van der Waals surface area (Å²) in [6.07, 6.45) is 3.80. The standard InChI is InChI=1S/C37H61N9O9/c38-16-4-1-8-26(41)35(52)45-19-7-11-30(45)33(50)42-27(9-2-5-17-39)32(49)43-28(10-3-6-18-40)36(53)46-22-25(48)21-31(46)34(51)44-29(37(54)55)20-23-12-14-24(47)15-13-23/h12-15,25-31,47-48H,1-11,16-22,38-41H2,(H,42,50)(H,43,49)(H,44,51)(H,54,55)/t25-,26+,27+,28+,29+,30+,31+/m1/s1. The van der Waals surface area contributed by atoms with Gasteiger partial charge in [0.1, 0.15) is 36.0 Å². The van der Waals surface area contributed by atoms with Crippen LogP contribution in [0, 0.1) is 0 Å². The van der Waals surface area contributed by atoms with Crippen molar-refractivity contribution in [1.82, 2.24) is 25.8 Å². The van der Waals surface area contributed by atoms with E-state index >= 15 is 0 Å². The Morgan fingerprint density at radius 3 is 1.89 bits per heavy atom. The van der Waals surface area contributed by atoms with E-state index in [1.165, 1.54) is 29.2 Å². The van der Waals surface area contributed by atoms with Crippen molar-refractivity contribution in [3.8, 4) is 5.75 Å². The number of phenols is 1. The second-order valence-electron chi connectivity index (χ2n) is 14.4. The molecule has 0 aliphatic carbocycles. The molecule has 5 amide bonds. The number of aliphatic hydroxyl groups is 1. The van der Waals surface area contributed by atoms with Gasteiger partial charge in [-0.1, -0.05) is 18.6 Å². The highest BCUT2D eigenvalue weighted by Gasteiger charge is 2.43. The van der Waals surface area contributed by atoms with E-state index < -0.39 is 72.0 Å². The second-order valence-corrected chi connectivity index (χ2v) is 14.4. The molecule has 0 spiro atoms. The normalized spacial score (nSPS) is 20.3. The Bertz CT molecular complexity index is 1430. The van der Waals surface area contributed by atoms with Gasteiger partial charge in [0, 0.05) is 25.9 Å². The molecule has 0 radical (unpaired) electrons. The first-order chi connectivity index (χ1) is 26.3. The average molecular weight is 776 g/mol. The smallest absolute Gasteiger partial charge is 0.326 e. The van der Waals surface area contributed by atoms with Gasteiger partial charge in [-0.05, 0) is 102 Å². The minimum absolute atomic E-state index is 0.00595. The Hall–Kier alpha value is -4.36. The van der Waals surface area contributed by atoms with Crippen LogP contribution >= 0.6 is 0 Å². The predicted octanol–water partition coefficient (Wildman–Crippen LogP) is -1.86. The Balaban J connectivity index is 1.77. The number of aliphatic carboxylic acids is 1. The fourth-order valence-electron chi connectivity index (χ4n) is 7.04. The lowest BCUT2D eigenvalue weighted by Crippen LogP contribution is -2.59. The van der Waals surface area contributed by atoms with Crippen molar-refractivity contribution in [3.63, 3.8) is 0 Å². The highest BCUT2D eigenvalue weighted by Crippen LogP contribution is 2.23. The van der Waals surface area contributed by atoms with E-state index in [0.717, 1.165) is 11.3 Å². The zero-order valence-corrected chi connectivity index (χ0v) is 31.6. The van der Waals surface area contributed by atoms with Gasteiger partial charge in [0.05, 0.1) is 12.1 Å². The van der Waals surface area contributed by atoms with Gasteiger partial charge in [-0.25, -0.2) is 4.79 Å². The van der Waals surface area contributed by atoms with Crippen LogP contribution in [0.3, 0.4) is 0 Å². The number of phenolic OH excluding ortho intramolecular Hbond substituents is 1. The van der Waals surface area contributed by atoms with Crippen molar-refractivity contribution in [1.29, 1.82) is 0 Å². The molecule has 0 bridgehead atoms. The number of carboxylic acids is 1. The largest absolute Gasteiger partial charge is 0.508 e.